The molecule has 0 bridgehead atoms. The minimum Gasteiger partial charge on any atom is -0.455 e. The molecule has 5 aromatic rings. The molecule has 0 saturated carbocycles. The fourth-order valence-electron chi connectivity index (χ4n) is 6.63. The number of hydrogen-bond donors (Lipinski definition) is 0. The maximum absolute atomic E-state index is 7.60. The third kappa shape index (κ3) is 4.55. The molecule has 0 aliphatic carbocycles. The van der Waals surface area contributed by atoms with Gasteiger partial charge >= 0.3 is 0 Å². The van der Waals surface area contributed by atoms with Gasteiger partial charge in [0.15, 0.2) is 6.20 Å². The summed E-state index contributed by atoms with van der Waals surface area (Å²) >= 11 is 0. The summed E-state index contributed by atoms with van der Waals surface area (Å²) in [6.07, 6.45) is 3.84. The van der Waals surface area contributed by atoms with E-state index < -0.39 is 5.54 Å². The molecule has 3 nitrogen and oxygen atoms in total. The number of rotatable bonds is 4. The van der Waals surface area contributed by atoms with Crippen LogP contribution in [0.15, 0.2) is 54.7 Å². The quantitative estimate of drug-likeness (QED) is 0.123. The second-order valence-electron chi connectivity index (χ2n) is 14.2. The Morgan fingerprint density at radius 3 is 2.29 bits per heavy atom. The van der Waals surface area contributed by atoms with E-state index in [0.717, 1.165) is 29.7 Å². The van der Waals surface area contributed by atoms with Crippen molar-refractivity contribution < 1.29 is 9.30 Å². The summed E-state index contributed by atoms with van der Waals surface area (Å²) in [6.45, 7) is 25.4. The molecule has 0 unspecified atom stereocenters. The van der Waals surface area contributed by atoms with Gasteiger partial charge in [-0.2, -0.15) is 0 Å². The van der Waals surface area contributed by atoms with Gasteiger partial charge in [0.1, 0.15) is 18.5 Å². The number of hydrogen-bond acceptors (Lipinski definition) is 1. The van der Waals surface area contributed by atoms with Crippen molar-refractivity contribution in [1.82, 2.24) is 0 Å². The Bertz CT molecular complexity index is 1930. The minimum atomic E-state index is -0.426. The number of nitrogens with zero attached hydrogens (tertiary/aromatic N) is 2. The summed E-state index contributed by atoms with van der Waals surface area (Å²) in [5.74, 6) is 2.39. The summed E-state index contributed by atoms with van der Waals surface area (Å²) in [4.78, 5) is 3.84. The van der Waals surface area contributed by atoms with Crippen LogP contribution < -0.4 is 9.30 Å². The third-order valence-electron chi connectivity index (χ3n) is 8.67. The van der Waals surface area contributed by atoms with Gasteiger partial charge in [-0.1, -0.05) is 71.0 Å². The molecule has 0 fully saturated rings. The molecular formula is C38H41N2O+. The summed E-state index contributed by atoms with van der Waals surface area (Å²) in [5, 5.41) is 7.38. The van der Waals surface area contributed by atoms with Gasteiger partial charge in [0.05, 0.1) is 17.4 Å². The maximum Gasteiger partial charge on any atom is 0.231 e. The van der Waals surface area contributed by atoms with Crippen LogP contribution in [0, 0.1) is 18.9 Å². The van der Waals surface area contributed by atoms with Crippen molar-refractivity contribution in [1.29, 1.82) is 0 Å². The minimum absolute atomic E-state index is 0.0957. The van der Waals surface area contributed by atoms with Crippen molar-refractivity contribution in [3.8, 4) is 22.8 Å². The zero-order chi connectivity index (χ0) is 29.4. The highest BCUT2D eigenvalue weighted by atomic mass is 16.5. The summed E-state index contributed by atoms with van der Waals surface area (Å²) in [7, 11) is 2.16. The van der Waals surface area contributed by atoms with E-state index in [0.29, 0.717) is 5.92 Å². The van der Waals surface area contributed by atoms with Gasteiger partial charge in [-0.05, 0) is 69.0 Å². The first-order chi connectivity index (χ1) is 19.3. The van der Waals surface area contributed by atoms with E-state index in [-0.39, 0.29) is 5.41 Å². The smallest absolute Gasteiger partial charge is 0.231 e. The zero-order valence-electron chi connectivity index (χ0n) is 26.0. The van der Waals surface area contributed by atoms with Crippen molar-refractivity contribution in [2.24, 2.45) is 12.5 Å². The lowest BCUT2D eigenvalue weighted by atomic mass is 9.81. The second-order valence-corrected chi connectivity index (χ2v) is 14.2. The normalized spacial score (nSPS) is 13.1. The Morgan fingerprint density at radius 1 is 0.878 bits per heavy atom. The molecule has 6 rings (SSSR count). The fraction of sp³-hybridized carbons (Fsp3) is 0.368. The second kappa shape index (κ2) is 9.31. The van der Waals surface area contributed by atoms with Crippen LogP contribution in [0.3, 0.4) is 0 Å². The van der Waals surface area contributed by atoms with E-state index in [1.165, 1.54) is 60.4 Å². The molecular weight excluding hydrogens is 500 g/mol. The Morgan fingerprint density at radius 2 is 1.61 bits per heavy atom. The van der Waals surface area contributed by atoms with Crippen LogP contribution in [0.4, 0.5) is 0 Å². The first kappa shape index (κ1) is 27.3. The van der Waals surface area contributed by atoms with Gasteiger partial charge in [-0.3, -0.25) is 0 Å². The molecule has 208 valence electrons. The lowest BCUT2D eigenvalue weighted by molar-refractivity contribution is -0.659. The molecule has 41 heavy (non-hydrogen) atoms. The molecule has 0 radical (unpaired) electrons. The van der Waals surface area contributed by atoms with Gasteiger partial charge in [-0.25, -0.2) is 11.1 Å². The summed E-state index contributed by atoms with van der Waals surface area (Å²) in [5.41, 5.74) is 7.23. The molecule has 1 aliphatic rings. The van der Waals surface area contributed by atoms with Gasteiger partial charge < -0.3 is 9.58 Å². The first-order valence-electron chi connectivity index (χ1n) is 14.8. The number of pyridine rings is 1. The van der Waals surface area contributed by atoms with Crippen molar-refractivity contribution in [3.05, 3.63) is 88.4 Å². The lowest BCUT2D eigenvalue weighted by Gasteiger charge is -2.28. The molecule has 3 heteroatoms. The van der Waals surface area contributed by atoms with E-state index in [1.807, 2.05) is 13.8 Å². The van der Waals surface area contributed by atoms with Crippen LogP contribution in [0.1, 0.15) is 76.6 Å². The molecule has 1 aromatic heterocycles. The van der Waals surface area contributed by atoms with Crippen molar-refractivity contribution in [2.45, 2.75) is 79.7 Å². The number of aromatic nitrogens is 1. The molecule has 0 spiro atoms. The van der Waals surface area contributed by atoms with Crippen LogP contribution in [0.2, 0.25) is 0 Å². The molecule has 0 atom stereocenters. The predicted octanol–water partition coefficient (Wildman–Crippen LogP) is 10.0. The number of fused-ring (bicyclic) bond motifs is 5. The van der Waals surface area contributed by atoms with E-state index >= 15 is 0 Å². The number of benzene rings is 4. The van der Waals surface area contributed by atoms with Crippen LogP contribution in [-0.4, -0.2) is 5.54 Å². The molecule has 4 aromatic carbocycles. The molecule has 1 aliphatic heterocycles. The van der Waals surface area contributed by atoms with Crippen LogP contribution >= 0.6 is 0 Å². The van der Waals surface area contributed by atoms with E-state index in [1.54, 1.807) is 0 Å². The number of ether oxygens (including phenoxy) is 1. The fourth-order valence-corrected chi connectivity index (χ4v) is 6.63. The topological polar surface area (TPSA) is 17.5 Å². The van der Waals surface area contributed by atoms with Gasteiger partial charge in [-0.15, -0.1) is 0 Å². The van der Waals surface area contributed by atoms with E-state index in [4.69, 9.17) is 11.3 Å². The lowest BCUT2D eigenvalue weighted by Crippen LogP contribution is -2.32. The Balaban J connectivity index is 1.70. The highest BCUT2D eigenvalue weighted by molar-refractivity contribution is 6.16. The highest BCUT2D eigenvalue weighted by Gasteiger charge is 2.34. The standard InChI is InChI=1S/C38H41N2O/c1-22(2)25-12-14-28-30(18-25)23(3)33-35-34-29(15-16-40(35)10)27-13-11-24(20-38(7,8)39-9)17-26(27)19-32(34)41-36(33)31(28)21-37(4,5)6/h11-19,22H,20-21H2,1-8,10H3/q+1. The Kier molecular flexibility index (Phi) is 6.20. The number of aryl methyl sites for hydroxylation is 2. The van der Waals surface area contributed by atoms with E-state index in [2.05, 4.69) is 113 Å². The first-order valence-corrected chi connectivity index (χ1v) is 14.8. The average Bonchev–Trinajstić information content (AvgIpc) is 2.90. The monoisotopic (exact) mass is 541 g/mol. The van der Waals surface area contributed by atoms with Crippen LogP contribution in [-0.2, 0) is 19.9 Å². The highest BCUT2D eigenvalue weighted by Crippen LogP contribution is 2.53. The van der Waals surface area contributed by atoms with Crippen molar-refractivity contribution in [2.75, 3.05) is 0 Å². The van der Waals surface area contributed by atoms with Gasteiger partial charge in [0.25, 0.3) is 0 Å². The van der Waals surface area contributed by atoms with Crippen LogP contribution in [0.25, 0.3) is 48.4 Å². The van der Waals surface area contributed by atoms with Gasteiger partial charge in [0.2, 0.25) is 11.2 Å². The molecule has 0 amide bonds. The summed E-state index contributed by atoms with van der Waals surface area (Å²) in [6, 6.07) is 18.1. The molecule has 0 N–H and O–H groups in total. The average molecular weight is 542 g/mol. The molecule has 2 heterocycles. The molecule has 0 saturated heterocycles. The third-order valence-corrected chi connectivity index (χ3v) is 8.67. The predicted molar refractivity (Wildman–Crippen MR) is 172 cm³/mol. The zero-order valence-corrected chi connectivity index (χ0v) is 26.0. The summed E-state index contributed by atoms with van der Waals surface area (Å²) < 4.78 is 9.33. The maximum atomic E-state index is 7.60. The Hall–Kier alpha value is -3.90. The van der Waals surface area contributed by atoms with Gasteiger partial charge in [0, 0.05) is 30.9 Å². The van der Waals surface area contributed by atoms with Crippen LogP contribution in [0.5, 0.6) is 11.5 Å². The Labute approximate surface area is 244 Å². The van der Waals surface area contributed by atoms with E-state index in [9.17, 15) is 0 Å². The van der Waals surface area contributed by atoms with Crippen molar-refractivity contribution >= 4 is 32.3 Å². The van der Waals surface area contributed by atoms with Crippen molar-refractivity contribution in [3.63, 3.8) is 0 Å². The SMILES string of the molecule is [C-]#[N+]C(C)(C)Cc1ccc2c(c1)cc1c3c([n+](C)ccc32)-c2c(c(CC(C)(C)C)c3ccc(C(C)C)cc3c2C)O1. The largest absolute Gasteiger partial charge is 0.455 e.